The van der Waals surface area contributed by atoms with E-state index >= 15 is 0 Å². The third kappa shape index (κ3) is 3.05. The van der Waals surface area contributed by atoms with Crippen molar-refractivity contribution in [1.82, 2.24) is 0 Å². The van der Waals surface area contributed by atoms with E-state index in [0.717, 1.165) is 12.8 Å². The molecular formula is C18H21N. The van der Waals surface area contributed by atoms with Gasteiger partial charge >= 0.3 is 0 Å². The molecule has 0 aliphatic heterocycles. The molecule has 0 bridgehead atoms. The van der Waals surface area contributed by atoms with Crippen LogP contribution in [0.2, 0.25) is 0 Å². The number of benzene rings is 2. The molecule has 2 rings (SSSR count). The highest BCUT2D eigenvalue weighted by Crippen LogP contribution is 2.36. The maximum Gasteiger partial charge on any atom is 0.0177 e. The van der Waals surface area contributed by atoms with E-state index in [-0.39, 0.29) is 5.41 Å². The number of hydrogen-bond donors (Lipinski definition) is 1. The summed E-state index contributed by atoms with van der Waals surface area (Å²) in [6, 6.07) is 21.4. The Morgan fingerprint density at radius 2 is 1.37 bits per heavy atom. The van der Waals surface area contributed by atoms with Gasteiger partial charge < -0.3 is 5.73 Å². The molecule has 0 saturated heterocycles. The average molecular weight is 251 g/mol. The largest absolute Gasteiger partial charge is 0.405 e. The third-order valence-corrected chi connectivity index (χ3v) is 3.77. The summed E-state index contributed by atoms with van der Waals surface area (Å²) in [5.41, 5.74) is 8.19. The molecule has 0 spiro atoms. The Bertz CT molecular complexity index is 474. The predicted molar refractivity (Wildman–Crippen MR) is 81.9 cm³/mol. The topological polar surface area (TPSA) is 26.0 Å². The highest BCUT2D eigenvalue weighted by molar-refractivity contribution is 5.38. The summed E-state index contributed by atoms with van der Waals surface area (Å²) in [5, 5.41) is 0. The average Bonchev–Trinajstić information content (AvgIpc) is 2.49. The molecular weight excluding hydrogens is 230 g/mol. The first-order valence-corrected chi connectivity index (χ1v) is 6.75. The van der Waals surface area contributed by atoms with Gasteiger partial charge in [0, 0.05) is 5.41 Å². The monoisotopic (exact) mass is 251 g/mol. The van der Waals surface area contributed by atoms with Gasteiger partial charge in [-0.15, -0.1) is 0 Å². The van der Waals surface area contributed by atoms with Gasteiger partial charge in [-0.05, 0) is 30.2 Å². The quantitative estimate of drug-likeness (QED) is 0.845. The molecule has 0 unspecified atom stereocenters. The SMILES string of the molecule is CC(CC/C=C/N)(c1ccccc1)c1ccccc1. The molecule has 0 heterocycles. The number of nitrogens with two attached hydrogens (primary N) is 1. The summed E-state index contributed by atoms with van der Waals surface area (Å²) in [6.07, 6.45) is 5.70. The minimum atomic E-state index is 0.0298. The Morgan fingerprint density at radius 1 is 0.895 bits per heavy atom. The molecule has 0 aromatic heterocycles. The molecule has 98 valence electrons. The zero-order valence-corrected chi connectivity index (χ0v) is 11.4. The minimum absolute atomic E-state index is 0.0298. The van der Waals surface area contributed by atoms with E-state index in [1.165, 1.54) is 11.1 Å². The summed E-state index contributed by atoms with van der Waals surface area (Å²) in [7, 11) is 0. The Kier molecular flexibility index (Phi) is 4.40. The third-order valence-electron chi connectivity index (χ3n) is 3.77. The lowest BCUT2D eigenvalue weighted by Gasteiger charge is -2.31. The van der Waals surface area contributed by atoms with Crippen LogP contribution in [-0.2, 0) is 5.41 Å². The van der Waals surface area contributed by atoms with Crippen molar-refractivity contribution < 1.29 is 0 Å². The number of hydrogen-bond acceptors (Lipinski definition) is 1. The van der Waals surface area contributed by atoms with E-state index in [1.807, 2.05) is 6.08 Å². The predicted octanol–water partition coefficient (Wildman–Crippen LogP) is 4.25. The van der Waals surface area contributed by atoms with Crippen molar-refractivity contribution in [3.63, 3.8) is 0 Å². The molecule has 0 radical (unpaired) electrons. The Hall–Kier alpha value is -2.02. The molecule has 0 aliphatic carbocycles. The summed E-state index contributed by atoms with van der Waals surface area (Å²) >= 11 is 0. The van der Waals surface area contributed by atoms with Crippen LogP contribution in [0.25, 0.3) is 0 Å². The lowest BCUT2D eigenvalue weighted by molar-refractivity contribution is 0.525. The molecule has 0 aliphatic rings. The van der Waals surface area contributed by atoms with Crippen LogP contribution in [0.4, 0.5) is 0 Å². The molecule has 1 nitrogen and oxygen atoms in total. The van der Waals surface area contributed by atoms with E-state index in [4.69, 9.17) is 5.73 Å². The first-order chi connectivity index (χ1) is 9.27. The fraction of sp³-hybridized carbons (Fsp3) is 0.222. The van der Waals surface area contributed by atoms with Crippen LogP contribution in [0.5, 0.6) is 0 Å². The van der Waals surface area contributed by atoms with Crippen molar-refractivity contribution in [3.8, 4) is 0 Å². The lowest BCUT2D eigenvalue weighted by atomic mass is 9.73. The van der Waals surface area contributed by atoms with E-state index in [0.29, 0.717) is 0 Å². The standard InChI is InChI=1S/C18H21N/c1-18(14-8-9-15-19,16-10-4-2-5-11-16)17-12-6-3-7-13-17/h2-7,9-13,15H,8,14,19H2,1H3/b15-9+. The summed E-state index contributed by atoms with van der Waals surface area (Å²) in [5.74, 6) is 0. The maximum atomic E-state index is 5.45. The minimum Gasteiger partial charge on any atom is -0.405 e. The van der Waals surface area contributed by atoms with Crippen molar-refractivity contribution in [2.45, 2.75) is 25.2 Å². The zero-order chi connectivity index (χ0) is 13.6. The highest BCUT2D eigenvalue weighted by Gasteiger charge is 2.27. The first kappa shape index (κ1) is 13.4. The van der Waals surface area contributed by atoms with Crippen LogP contribution >= 0.6 is 0 Å². The van der Waals surface area contributed by atoms with E-state index in [1.54, 1.807) is 6.20 Å². The van der Waals surface area contributed by atoms with Crippen LogP contribution in [0, 0.1) is 0 Å². The van der Waals surface area contributed by atoms with Gasteiger partial charge in [-0.25, -0.2) is 0 Å². The van der Waals surface area contributed by atoms with Crippen LogP contribution < -0.4 is 5.73 Å². The van der Waals surface area contributed by atoms with Crippen LogP contribution in [0.1, 0.15) is 30.9 Å². The Morgan fingerprint density at radius 3 is 1.79 bits per heavy atom. The van der Waals surface area contributed by atoms with E-state index in [2.05, 4.69) is 67.6 Å². The lowest BCUT2D eigenvalue weighted by Crippen LogP contribution is -2.23. The van der Waals surface area contributed by atoms with Crippen LogP contribution in [0.15, 0.2) is 72.9 Å². The van der Waals surface area contributed by atoms with Crippen molar-refractivity contribution in [2.75, 3.05) is 0 Å². The second-order valence-corrected chi connectivity index (χ2v) is 5.03. The van der Waals surface area contributed by atoms with Gasteiger partial charge in [-0.3, -0.25) is 0 Å². The van der Waals surface area contributed by atoms with Gasteiger partial charge in [-0.2, -0.15) is 0 Å². The number of rotatable bonds is 5. The van der Waals surface area contributed by atoms with Gasteiger partial charge in [0.1, 0.15) is 0 Å². The second-order valence-electron chi connectivity index (χ2n) is 5.03. The van der Waals surface area contributed by atoms with Gasteiger partial charge in [0.15, 0.2) is 0 Å². The van der Waals surface area contributed by atoms with E-state index < -0.39 is 0 Å². The molecule has 0 atom stereocenters. The molecule has 0 fully saturated rings. The maximum absolute atomic E-state index is 5.45. The molecule has 2 N–H and O–H groups in total. The van der Waals surface area contributed by atoms with Crippen LogP contribution in [0.3, 0.4) is 0 Å². The molecule has 2 aromatic carbocycles. The Labute approximate surface area is 115 Å². The first-order valence-electron chi connectivity index (χ1n) is 6.75. The highest BCUT2D eigenvalue weighted by atomic mass is 14.5. The smallest absolute Gasteiger partial charge is 0.0177 e. The molecule has 0 saturated carbocycles. The zero-order valence-electron chi connectivity index (χ0n) is 11.4. The Balaban J connectivity index is 2.38. The molecule has 1 heteroatoms. The van der Waals surface area contributed by atoms with Gasteiger partial charge in [0.25, 0.3) is 0 Å². The molecule has 0 amide bonds. The summed E-state index contributed by atoms with van der Waals surface area (Å²) in [6.45, 7) is 2.31. The number of allylic oxidation sites excluding steroid dienone is 1. The van der Waals surface area contributed by atoms with Crippen LogP contribution in [-0.4, -0.2) is 0 Å². The van der Waals surface area contributed by atoms with Gasteiger partial charge in [0.2, 0.25) is 0 Å². The summed E-state index contributed by atoms with van der Waals surface area (Å²) in [4.78, 5) is 0. The van der Waals surface area contributed by atoms with Crippen molar-refractivity contribution in [3.05, 3.63) is 84.1 Å². The van der Waals surface area contributed by atoms with Crippen molar-refractivity contribution >= 4 is 0 Å². The van der Waals surface area contributed by atoms with E-state index in [9.17, 15) is 0 Å². The fourth-order valence-electron chi connectivity index (χ4n) is 2.54. The second kappa shape index (κ2) is 6.24. The molecule has 2 aromatic rings. The van der Waals surface area contributed by atoms with Crippen molar-refractivity contribution in [2.24, 2.45) is 5.73 Å². The van der Waals surface area contributed by atoms with Gasteiger partial charge in [-0.1, -0.05) is 73.7 Å². The fourth-order valence-corrected chi connectivity index (χ4v) is 2.54. The normalized spacial score (nSPS) is 11.8. The molecule has 19 heavy (non-hydrogen) atoms. The van der Waals surface area contributed by atoms with Gasteiger partial charge in [0.05, 0.1) is 0 Å². The summed E-state index contributed by atoms with van der Waals surface area (Å²) < 4.78 is 0. The van der Waals surface area contributed by atoms with Crippen molar-refractivity contribution in [1.29, 1.82) is 0 Å².